The van der Waals surface area contributed by atoms with Gasteiger partial charge in [0.2, 0.25) is 0 Å². The molecule has 1 heterocycles. The van der Waals surface area contributed by atoms with Gasteiger partial charge in [-0.2, -0.15) is 0 Å². The highest BCUT2D eigenvalue weighted by Crippen LogP contribution is 2.37. The Balaban J connectivity index is 1.92. The SMILES string of the molecule is CC1(C)CC(=O)c2c(Cc3ccc(F)cc3)coc2C1. The quantitative estimate of drug-likeness (QED) is 0.821. The lowest BCUT2D eigenvalue weighted by Crippen LogP contribution is -2.26. The van der Waals surface area contributed by atoms with Crippen molar-refractivity contribution in [3.63, 3.8) is 0 Å². The van der Waals surface area contributed by atoms with Gasteiger partial charge in [-0.3, -0.25) is 4.79 Å². The first kappa shape index (κ1) is 13.1. The van der Waals surface area contributed by atoms with E-state index in [2.05, 4.69) is 13.8 Å². The number of ketones is 1. The van der Waals surface area contributed by atoms with Gasteiger partial charge >= 0.3 is 0 Å². The highest BCUT2D eigenvalue weighted by Gasteiger charge is 2.34. The molecule has 1 aliphatic carbocycles. The number of carbonyl (C=O) groups excluding carboxylic acids is 1. The predicted octanol–water partition coefficient (Wildman–Crippen LogP) is 4.16. The van der Waals surface area contributed by atoms with Crippen molar-refractivity contribution in [1.82, 2.24) is 0 Å². The van der Waals surface area contributed by atoms with Crippen LogP contribution in [0.15, 0.2) is 34.9 Å². The number of Topliss-reactive ketones (excluding diaryl/α,β-unsaturated/α-hetero) is 1. The van der Waals surface area contributed by atoms with Crippen LogP contribution >= 0.6 is 0 Å². The average Bonchev–Trinajstić information content (AvgIpc) is 2.73. The van der Waals surface area contributed by atoms with E-state index in [1.165, 1.54) is 12.1 Å². The second-order valence-corrected chi connectivity index (χ2v) is 6.30. The first-order valence-electron chi connectivity index (χ1n) is 6.81. The maximum atomic E-state index is 12.9. The summed E-state index contributed by atoms with van der Waals surface area (Å²) in [5, 5.41) is 0. The van der Waals surface area contributed by atoms with E-state index >= 15 is 0 Å². The summed E-state index contributed by atoms with van der Waals surface area (Å²) in [5.41, 5.74) is 2.60. The first-order chi connectivity index (χ1) is 9.44. The summed E-state index contributed by atoms with van der Waals surface area (Å²) in [6.45, 7) is 4.16. The molecule has 104 valence electrons. The molecule has 0 N–H and O–H groups in total. The minimum atomic E-state index is -0.249. The molecule has 0 saturated carbocycles. The number of halogens is 1. The Hall–Kier alpha value is -1.90. The molecule has 0 bridgehead atoms. The number of rotatable bonds is 2. The molecular formula is C17H17FO2. The van der Waals surface area contributed by atoms with Crippen LogP contribution in [0.2, 0.25) is 0 Å². The summed E-state index contributed by atoms with van der Waals surface area (Å²) in [6, 6.07) is 6.36. The van der Waals surface area contributed by atoms with Crippen molar-refractivity contribution in [2.24, 2.45) is 5.41 Å². The minimum absolute atomic E-state index is 0.0327. The zero-order valence-corrected chi connectivity index (χ0v) is 11.7. The molecule has 2 aromatic rings. The van der Waals surface area contributed by atoms with Crippen molar-refractivity contribution in [3.05, 3.63) is 58.8 Å². The van der Waals surface area contributed by atoms with Crippen molar-refractivity contribution in [3.8, 4) is 0 Å². The second kappa shape index (κ2) is 4.58. The van der Waals surface area contributed by atoms with Crippen LogP contribution in [0.5, 0.6) is 0 Å². The third kappa shape index (κ3) is 2.40. The van der Waals surface area contributed by atoms with Crippen molar-refractivity contribution >= 4 is 5.78 Å². The monoisotopic (exact) mass is 272 g/mol. The molecule has 0 saturated heterocycles. The van der Waals surface area contributed by atoms with Gasteiger partial charge < -0.3 is 4.42 Å². The highest BCUT2D eigenvalue weighted by atomic mass is 19.1. The largest absolute Gasteiger partial charge is 0.468 e. The van der Waals surface area contributed by atoms with E-state index in [1.807, 2.05) is 0 Å². The zero-order chi connectivity index (χ0) is 14.3. The first-order valence-corrected chi connectivity index (χ1v) is 6.81. The zero-order valence-electron chi connectivity index (χ0n) is 11.7. The Morgan fingerprint density at radius 3 is 2.60 bits per heavy atom. The lowest BCUT2D eigenvalue weighted by atomic mass is 9.75. The summed E-state index contributed by atoms with van der Waals surface area (Å²) in [5.74, 6) is 0.700. The number of benzene rings is 1. The lowest BCUT2D eigenvalue weighted by molar-refractivity contribution is 0.0903. The van der Waals surface area contributed by atoms with Crippen LogP contribution in [0.25, 0.3) is 0 Å². The number of hydrogen-bond donors (Lipinski definition) is 0. The fourth-order valence-electron chi connectivity index (χ4n) is 2.88. The lowest BCUT2D eigenvalue weighted by Gasteiger charge is -2.27. The maximum absolute atomic E-state index is 12.9. The van der Waals surface area contributed by atoms with E-state index in [0.717, 1.165) is 28.9 Å². The highest BCUT2D eigenvalue weighted by molar-refractivity contribution is 6.00. The van der Waals surface area contributed by atoms with E-state index in [9.17, 15) is 9.18 Å². The topological polar surface area (TPSA) is 30.2 Å². The van der Waals surface area contributed by atoms with Crippen molar-refractivity contribution in [2.45, 2.75) is 33.1 Å². The number of furan rings is 1. The molecule has 0 fully saturated rings. The molecule has 1 aromatic heterocycles. The van der Waals surface area contributed by atoms with Gasteiger partial charge in [0.1, 0.15) is 11.6 Å². The van der Waals surface area contributed by atoms with Crippen molar-refractivity contribution in [2.75, 3.05) is 0 Å². The van der Waals surface area contributed by atoms with E-state index in [0.29, 0.717) is 12.8 Å². The Morgan fingerprint density at radius 1 is 1.20 bits per heavy atom. The van der Waals surface area contributed by atoms with Gasteiger partial charge in [-0.25, -0.2) is 4.39 Å². The van der Waals surface area contributed by atoms with Gasteiger partial charge in [-0.1, -0.05) is 26.0 Å². The summed E-state index contributed by atoms with van der Waals surface area (Å²) in [4.78, 5) is 12.3. The molecule has 0 unspecified atom stereocenters. The second-order valence-electron chi connectivity index (χ2n) is 6.30. The smallest absolute Gasteiger partial charge is 0.167 e. The third-order valence-electron chi connectivity index (χ3n) is 3.81. The minimum Gasteiger partial charge on any atom is -0.468 e. The molecule has 0 atom stereocenters. The van der Waals surface area contributed by atoms with E-state index in [-0.39, 0.29) is 17.0 Å². The molecular weight excluding hydrogens is 255 g/mol. The van der Waals surface area contributed by atoms with Gasteiger partial charge in [-0.15, -0.1) is 0 Å². The Kier molecular flexibility index (Phi) is 3.00. The number of hydrogen-bond acceptors (Lipinski definition) is 2. The molecule has 3 heteroatoms. The van der Waals surface area contributed by atoms with E-state index in [4.69, 9.17) is 4.42 Å². The van der Waals surface area contributed by atoms with Crippen LogP contribution in [0.1, 0.15) is 47.5 Å². The van der Waals surface area contributed by atoms with Crippen LogP contribution in [0.3, 0.4) is 0 Å². The molecule has 2 nitrogen and oxygen atoms in total. The van der Waals surface area contributed by atoms with Crippen LogP contribution < -0.4 is 0 Å². The van der Waals surface area contributed by atoms with Crippen LogP contribution in [-0.4, -0.2) is 5.78 Å². The fourth-order valence-corrected chi connectivity index (χ4v) is 2.88. The molecule has 3 rings (SSSR count). The molecule has 0 radical (unpaired) electrons. The molecule has 0 aliphatic heterocycles. The Bertz CT molecular complexity index is 650. The van der Waals surface area contributed by atoms with Gasteiger partial charge in [0.05, 0.1) is 11.8 Å². The summed E-state index contributed by atoms with van der Waals surface area (Å²) >= 11 is 0. The maximum Gasteiger partial charge on any atom is 0.167 e. The van der Waals surface area contributed by atoms with E-state index in [1.54, 1.807) is 18.4 Å². The molecule has 0 spiro atoms. The summed E-state index contributed by atoms with van der Waals surface area (Å²) < 4.78 is 18.5. The molecule has 20 heavy (non-hydrogen) atoms. The Morgan fingerprint density at radius 2 is 1.90 bits per heavy atom. The van der Waals surface area contributed by atoms with Crippen molar-refractivity contribution < 1.29 is 13.6 Å². The third-order valence-corrected chi connectivity index (χ3v) is 3.81. The van der Waals surface area contributed by atoms with Crippen LogP contribution in [0, 0.1) is 11.2 Å². The van der Waals surface area contributed by atoms with E-state index < -0.39 is 0 Å². The molecule has 0 amide bonds. The van der Waals surface area contributed by atoms with Crippen molar-refractivity contribution in [1.29, 1.82) is 0 Å². The molecule has 1 aliphatic rings. The number of carbonyl (C=O) groups is 1. The van der Waals surface area contributed by atoms with Gasteiger partial charge in [0.15, 0.2) is 5.78 Å². The van der Waals surface area contributed by atoms with Crippen LogP contribution in [-0.2, 0) is 12.8 Å². The van der Waals surface area contributed by atoms with Gasteiger partial charge in [-0.05, 0) is 23.1 Å². The van der Waals surface area contributed by atoms with Gasteiger partial charge in [0.25, 0.3) is 0 Å². The van der Waals surface area contributed by atoms with Gasteiger partial charge in [0, 0.05) is 24.8 Å². The summed E-state index contributed by atoms with van der Waals surface area (Å²) in [6.07, 6.45) is 3.62. The fraction of sp³-hybridized carbons (Fsp3) is 0.353. The number of fused-ring (bicyclic) bond motifs is 1. The average molecular weight is 272 g/mol. The standard InChI is InChI=1S/C17H17FO2/c1-17(2)8-14(19)16-12(10-20-15(16)9-17)7-11-3-5-13(18)6-4-11/h3-6,10H,7-9H2,1-2H3. The summed E-state index contributed by atoms with van der Waals surface area (Å²) in [7, 11) is 0. The predicted molar refractivity (Wildman–Crippen MR) is 74.3 cm³/mol. The normalized spacial score (nSPS) is 17.1. The Labute approximate surface area is 117 Å². The van der Waals surface area contributed by atoms with Crippen LogP contribution in [0.4, 0.5) is 4.39 Å². The molecule has 1 aromatic carbocycles.